The molecule has 2 aromatic rings. The van der Waals surface area contributed by atoms with E-state index in [1.54, 1.807) is 24.3 Å². The van der Waals surface area contributed by atoms with Crippen molar-refractivity contribution in [3.8, 4) is 0 Å². The van der Waals surface area contributed by atoms with Crippen LogP contribution in [-0.4, -0.2) is 54.3 Å². The Hall–Kier alpha value is -1.98. The lowest BCUT2D eigenvalue weighted by molar-refractivity contribution is 0.0658. The van der Waals surface area contributed by atoms with E-state index in [0.29, 0.717) is 25.3 Å². The predicted octanol–water partition coefficient (Wildman–Crippen LogP) is 1.32. The number of pyridine rings is 1. The standard InChI is InChI=1S/C15H18N2O3/c1-20-11-9-17(8-10-18)15(19)13-6-7-16-14-5-3-2-4-12(13)14/h2-7,18H,8-11H2,1H3. The van der Waals surface area contributed by atoms with Gasteiger partial charge in [-0.2, -0.15) is 0 Å². The van der Waals surface area contributed by atoms with Gasteiger partial charge in [-0.3, -0.25) is 9.78 Å². The van der Waals surface area contributed by atoms with Crippen LogP contribution in [-0.2, 0) is 4.74 Å². The van der Waals surface area contributed by atoms with Gasteiger partial charge in [0.15, 0.2) is 0 Å². The summed E-state index contributed by atoms with van der Waals surface area (Å²) in [7, 11) is 1.59. The zero-order valence-electron chi connectivity index (χ0n) is 11.5. The zero-order valence-corrected chi connectivity index (χ0v) is 11.5. The number of fused-ring (bicyclic) bond motifs is 1. The average Bonchev–Trinajstić information content (AvgIpc) is 2.50. The van der Waals surface area contributed by atoms with E-state index in [1.165, 1.54) is 0 Å². The monoisotopic (exact) mass is 274 g/mol. The topological polar surface area (TPSA) is 62.7 Å². The third-order valence-electron chi connectivity index (χ3n) is 3.10. The first-order valence-corrected chi connectivity index (χ1v) is 6.50. The van der Waals surface area contributed by atoms with Crippen LogP contribution < -0.4 is 0 Å². The molecule has 0 aliphatic heterocycles. The number of aliphatic hydroxyl groups is 1. The van der Waals surface area contributed by atoms with Crippen molar-refractivity contribution in [2.75, 3.05) is 33.4 Å². The Morgan fingerprint density at radius 1 is 1.30 bits per heavy atom. The molecular weight excluding hydrogens is 256 g/mol. The molecule has 2 rings (SSSR count). The highest BCUT2D eigenvalue weighted by Gasteiger charge is 2.17. The van der Waals surface area contributed by atoms with E-state index < -0.39 is 0 Å². The molecule has 0 aliphatic rings. The van der Waals surface area contributed by atoms with Crippen LogP contribution in [0, 0.1) is 0 Å². The molecule has 0 unspecified atom stereocenters. The fourth-order valence-corrected chi connectivity index (χ4v) is 2.09. The van der Waals surface area contributed by atoms with Crippen molar-refractivity contribution in [2.45, 2.75) is 0 Å². The summed E-state index contributed by atoms with van der Waals surface area (Å²) >= 11 is 0. The summed E-state index contributed by atoms with van der Waals surface area (Å²) in [6, 6.07) is 9.23. The molecule has 5 heteroatoms. The second-order valence-electron chi connectivity index (χ2n) is 4.38. The third-order valence-corrected chi connectivity index (χ3v) is 3.10. The largest absolute Gasteiger partial charge is 0.395 e. The van der Waals surface area contributed by atoms with E-state index in [0.717, 1.165) is 10.9 Å². The Balaban J connectivity index is 2.33. The Morgan fingerprint density at radius 2 is 2.10 bits per heavy atom. The smallest absolute Gasteiger partial charge is 0.254 e. The van der Waals surface area contributed by atoms with Crippen LogP contribution in [0.3, 0.4) is 0 Å². The quantitative estimate of drug-likeness (QED) is 0.863. The van der Waals surface area contributed by atoms with Crippen LogP contribution in [0.2, 0.25) is 0 Å². The summed E-state index contributed by atoms with van der Waals surface area (Å²) < 4.78 is 5.00. The van der Waals surface area contributed by atoms with E-state index in [4.69, 9.17) is 9.84 Å². The molecule has 1 aromatic heterocycles. The number of nitrogens with zero attached hydrogens (tertiary/aromatic N) is 2. The summed E-state index contributed by atoms with van der Waals surface area (Å²) in [5.74, 6) is -0.116. The first kappa shape index (κ1) is 14.4. The Labute approximate surface area is 117 Å². The number of aliphatic hydroxyl groups excluding tert-OH is 1. The van der Waals surface area contributed by atoms with Crippen LogP contribution in [0.5, 0.6) is 0 Å². The zero-order chi connectivity index (χ0) is 14.4. The second-order valence-corrected chi connectivity index (χ2v) is 4.38. The van der Waals surface area contributed by atoms with Gasteiger partial charge in [0.25, 0.3) is 5.91 Å². The van der Waals surface area contributed by atoms with Crippen LogP contribution in [0.4, 0.5) is 0 Å². The van der Waals surface area contributed by atoms with Gasteiger partial charge < -0.3 is 14.7 Å². The summed E-state index contributed by atoms with van der Waals surface area (Å²) in [6.07, 6.45) is 1.63. The molecule has 1 aromatic carbocycles. The molecule has 1 amide bonds. The highest BCUT2D eigenvalue weighted by Crippen LogP contribution is 2.17. The molecule has 5 nitrogen and oxygen atoms in total. The van der Waals surface area contributed by atoms with E-state index in [9.17, 15) is 4.79 Å². The van der Waals surface area contributed by atoms with Crippen molar-refractivity contribution in [2.24, 2.45) is 0 Å². The summed E-state index contributed by atoms with van der Waals surface area (Å²) in [5.41, 5.74) is 1.38. The van der Waals surface area contributed by atoms with Gasteiger partial charge in [0, 0.05) is 31.8 Å². The lowest BCUT2D eigenvalue weighted by Crippen LogP contribution is -2.36. The number of benzene rings is 1. The van der Waals surface area contributed by atoms with E-state index in [2.05, 4.69) is 4.98 Å². The van der Waals surface area contributed by atoms with Gasteiger partial charge in [-0.05, 0) is 12.1 Å². The normalized spacial score (nSPS) is 10.7. The second kappa shape index (κ2) is 6.98. The van der Waals surface area contributed by atoms with Crippen molar-refractivity contribution < 1.29 is 14.6 Å². The molecule has 1 heterocycles. The number of para-hydroxylation sites is 1. The predicted molar refractivity (Wildman–Crippen MR) is 76.6 cm³/mol. The maximum Gasteiger partial charge on any atom is 0.254 e. The van der Waals surface area contributed by atoms with Crippen molar-refractivity contribution in [3.05, 3.63) is 42.1 Å². The van der Waals surface area contributed by atoms with Crippen LogP contribution in [0.25, 0.3) is 10.9 Å². The van der Waals surface area contributed by atoms with Gasteiger partial charge in [-0.25, -0.2) is 0 Å². The summed E-state index contributed by atoms with van der Waals surface area (Å²) in [6.45, 7) is 1.11. The number of carbonyl (C=O) groups is 1. The molecule has 20 heavy (non-hydrogen) atoms. The SMILES string of the molecule is COCCN(CCO)C(=O)c1ccnc2ccccc12. The van der Waals surface area contributed by atoms with Crippen molar-refractivity contribution >= 4 is 16.8 Å². The minimum Gasteiger partial charge on any atom is -0.395 e. The number of aromatic nitrogens is 1. The molecule has 0 atom stereocenters. The van der Waals surface area contributed by atoms with Crippen molar-refractivity contribution in [1.82, 2.24) is 9.88 Å². The van der Waals surface area contributed by atoms with Gasteiger partial charge >= 0.3 is 0 Å². The number of ether oxygens (including phenoxy) is 1. The number of amides is 1. The molecule has 0 aliphatic carbocycles. The van der Waals surface area contributed by atoms with Gasteiger partial charge in [0.2, 0.25) is 0 Å². The van der Waals surface area contributed by atoms with Gasteiger partial charge in [-0.15, -0.1) is 0 Å². The van der Waals surface area contributed by atoms with Crippen LogP contribution >= 0.6 is 0 Å². The lowest BCUT2D eigenvalue weighted by Gasteiger charge is -2.22. The molecule has 0 radical (unpaired) electrons. The van der Waals surface area contributed by atoms with Crippen LogP contribution in [0.15, 0.2) is 36.5 Å². The Bertz CT molecular complexity index is 581. The number of hydrogen-bond donors (Lipinski definition) is 1. The Kier molecular flexibility index (Phi) is 5.03. The van der Waals surface area contributed by atoms with E-state index in [1.807, 2.05) is 24.3 Å². The van der Waals surface area contributed by atoms with Crippen LogP contribution in [0.1, 0.15) is 10.4 Å². The number of carbonyl (C=O) groups excluding carboxylic acids is 1. The highest BCUT2D eigenvalue weighted by molar-refractivity contribution is 6.05. The Morgan fingerprint density at radius 3 is 2.85 bits per heavy atom. The first-order chi connectivity index (χ1) is 9.77. The van der Waals surface area contributed by atoms with E-state index in [-0.39, 0.29) is 12.5 Å². The fourth-order valence-electron chi connectivity index (χ4n) is 2.09. The minimum absolute atomic E-state index is 0.0710. The van der Waals surface area contributed by atoms with Gasteiger partial charge in [0.1, 0.15) is 0 Å². The molecule has 1 N–H and O–H groups in total. The molecule has 0 fully saturated rings. The summed E-state index contributed by atoms with van der Waals surface area (Å²) in [4.78, 5) is 18.4. The summed E-state index contributed by atoms with van der Waals surface area (Å²) in [5, 5.41) is 9.92. The molecule has 106 valence electrons. The fraction of sp³-hybridized carbons (Fsp3) is 0.333. The molecular formula is C15H18N2O3. The molecule has 0 bridgehead atoms. The first-order valence-electron chi connectivity index (χ1n) is 6.50. The third kappa shape index (κ3) is 3.12. The maximum absolute atomic E-state index is 12.6. The number of hydrogen-bond acceptors (Lipinski definition) is 4. The van der Waals surface area contributed by atoms with Gasteiger partial charge in [-0.1, -0.05) is 18.2 Å². The van der Waals surface area contributed by atoms with Gasteiger partial charge in [0.05, 0.1) is 24.3 Å². The molecule has 0 saturated heterocycles. The maximum atomic E-state index is 12.6. The average molecular weight is 274 g/mol. The van der Waals surface area contributed by atoms with Crippen molar-refractivity contribution in [1.29, 1.82) is 0 Å². The minimum atomic E-state index is -0.116. The number of rotatable bonds is 6. The van der Waals surface area contributed by atoms with E-state index >= 15 is 0 Å². The highest BCUT2D eigenvalue weighted by atomic mass is 16.5. The lowest BCUT2D eigenvalue weighted by atomic mass is 10.1. The van der Waals surface area contributed by atoms with Crippen molar-refractivity contribution in [3.63, 3.8) is 0 Å². The number of methoxy groups -OCH3 is 1. The molecule has 0 spiro atoms. The molecule has 0 saturated carbocycles.